The Morgan fingerprint density at radius 3 is 1.86 bits per heavy atom. The van der Waals surface area contributed by atoms with Crippen LogP contribution in [0.1, 0.15) is 40.2 Å². The summed E-state index contributed by atoms with van der Waals surface area (Å²) >= 11 is 0. The van der Waals surface area contributed by atoms with Gasteiger partial charge in [0.05, 0.1) is 0 Å². The van der Waals surface area contributed by atoms with Gasteiger partial charge in [0.15, 0.2) is 0 Å². The van der Waals surface area contributed by atoms with E-state index in [1.54, 1.807) is 0 Å². The second kappa shape index (κ2) is 6.42. The van der Waals surface area contributed by atoms with E-state index in [1.165, 1.54) is 5.56 Å². The molecule has 0 fully saturated rings. The zero-order chi connectivity index (χ0) is 11.0. The third kappa shape index (κ3) is 6.47. The largest absolute Gasteiger partial charge is 0.0785 e. The lowest BCUT2D eigenvalue weighted by molar-refractivity contribution is 0.547. The maximum Gasteiger partial charge on any atom is -0.0200 e. The summed E-state index contributed by atoms with van der Waals surface area (Å²) in [5.41, 5.74) is 1.54. The van der Waals surface area contributed by atoms with E-state index in [-0.39, 0.29) is 5.41 Å². The van der Waals surface area contributed by atoms with Crippen molar-refractivity contribution >= 4 is 6.08 Å². The molecule has 0 bridgehead atoms. The molecule has 0 saturated carbocycles. The standard InChI is InChI=1S/C12H16.C2H6/c1-12(2,3)10-9-11-7-5-4-6-8-11;1-2/h4-10H,1-3H3;1-2H3/b10-9-;. The summed E-state index contributed by atoms with van der Waals surface area (Å²) in [5, 5.41) is 0. The molecule has 0 unspecified atom stereocenters. The highest BCUT2D eigenvalue weighted by molar-refractivity contribution is 5.49. The molecule has 0 heteroatoms. The molecule has 0 atom stereocenters. The molecule has 0 heterocycles. The minimum atomic E-state index is 0.274. The molecule has 0 aliphatic carbocycles. The first-order valence-corrected chi connectivity index (χ1v) is 5.32. The van der Waals surface area contributed by atoms with E-state index in [1.807, 2.05) is 19.9 Å². The minimum absolute atomic E-state index is 0.274. The SMILES string of the molecule is CC.CC(C)(C)/C=C\c1ccccc1. The van der Waals surface area contributed by atoms with Gasteiger partial charge in [-0.1, -0.05) is 77.1 Å². The van der Waals surface area contributed by atoms with Crippen molar-refractivity contribution in [3.05, 3.63) is 42.0 Å². The Morgan fingerprint density at radius 2 is 1.43 bits per heavy atom. The Labute approximate surface area is 88.7 Å². The summed E-state index contributed by atoms with van der Waals surface area (Å²) in [4.78, 5) is 0. The van der Waals surface area contributed by atoms with Crippen molar-refractivity contribution in [1.82, 2.24) is 0 Å². The molecule has 1 rings (SSSR count). The van der Waals surface area contributed by atoms with Gasteiger partial charge in [0.2, 0.25) is 0 Å². The molecule has 78 valence electrons. The van der Waals surface area contributed by atoms with Gasteiger partial charge in [0.1, 0.15) is 0 Å². The van der Waals surface area contributed by atoms with Crippen molar-refractivity contribution in [2.75, 3.05) is 0 Å². The summed E-state index contributed by atoms with van der Waals surface area (Å²) in [5.74, 6) is 0. The fourth-order valence-electron chi connectivity index (χ4n) is 0.910. The first kappa shape index (κ1) is 13.0. The van der Waals surface area contributed by atoms with E-state index in [2.05, 4.69) is 57.2 Å². The maximum atomic E-state index is 2.22. The molecule has 1 aromatic rings. The Balaban J connectivity index is 0.000000791. The van der Waals surface area contributed by atoms with Crippen LogP contribution < -0.4 is 0 Å². The van der Waals surface area contributed by atoms with E-state index in [9.17, 15) is 0 Å². The van der Waals surface area contributed by atoms with Gasteiger partial charge in [-0.05, 0) is 11.0 Å². The third-order valence-electron chi connectivity index (χ3n) is 1.58. The van der Waals surface area contributed by atoms with Crippen molar-refractivity contribution in [2.24, 2.45) is 5.41 Å². The molecule has 14 heavy (non-hydrogen) atoms. The highest BCUT2D eigenvalue weighted by atomic mass is 14.1. The quantitative estimate of drug-likeness (QED) is 0.598. The van der Waals surface area contributed by atoms with Gasteiger partial charge in [0, 0.05) is 0 Å². The van der Waals surface area contributed by atoms with Crippen molar-refractivity contribution in [3.8, 4) is 0 Å². The van der Waals surface area contributed by atoms with Crippen molar-refractivity contribution in [1.29, 1.82) is 0 Å². The van der Waals surface area contributed by atoms with E-state index in [0.717, 1.165) is 0 Å². The van der Waals surface area contributed by atoms with Gasteiger partial charge < -0.3 is 0 Å². The molecular weight excluding hydrogens is 168 g/mol. The molecule has 0 N–H and O–H groups in total. The number of benzene rings is 1. The zero-order valence-electron chi connectivity index (χ0n) is 10.0. The summed E-state index contributed by atoms with van der Waals surface area (Å²) in [6, 6.07) is 10.4. The molecule has 0 saturated heterocycles. The summed E-state index contributed by atoms with van der Waals surface area (Å²) < 4.78 is 0. The van der Waals surface area contributed by atoms with Crippen molar-refractivity contribution < 1.29 is 0 Å². The summed E-state index contributed by atoms with van der Waals surface area (Å²) in [7, 11) is 0. The highest BCUT2D eigenvalue weighted by Crippen LogP contribution is 2.16. The lowest BCUT2D eigenvalue weighted by Gasteiger charge is -2.10. The van der Waals surface area contributed by atoms with Crippen LogP contribution in [-0.2, 0) is 0 Å². The lowest BCUT2D eigenvalue weighted by atomic mass is 9.95. The van der Waals surface area contributed by atoms with Gasteiger partial charge in [-0.2, -0.15) is 0 Å². The van der Waals surface area contributed by atoms with Crippen LogP contribution in [0.3, 0.4) is 0 Å². The summed E-state index contributed by atoms with van der Waals surface area (Å²) in [6.07, 6.45) is 4.39. The molecular formula is C14H22. The topological polar surface area (TPSA) is 0 Å². The lowest BCUT2D eigenvalue weighted by Crippen LogP contribution is -1.97. The second-order valence-electron chi connectivity index (χ2n) is 4.11. The minimum Gasteiger partial charge on any atom is -0.0785 e. The van der Waals surface area contributed by atoms with Crippen LogP contribution in [-0.4, -0.2) is 0 Å². The number of allylic oxidation sites excluding steroid dienone is 1. The van der Waals surface area contributed by atoms with Gasteiger partial charge >= 0.3 is 0 Å². The van der Waals surface area contributed by atoms with Gasteiger partial charge in [0.25, 0.3) is 0 Å². The molecule has 0 radical (unpaired) electrons. The van der Waals surface area contributed by atoms with Crippen LogP contribution in [0.5, 0.6) is 0 Å². The predicted octanol–water partition coefficient (Wildman–Crippen LogP) is 4.77. The normalized spacial score (nSPS) is 10.9. The first-order valence-electron chi connectivity index (χ1n) is 5.32. The van der Waals surface area contributed by atoms with Crippen LogP contribution in [0.25, 0.3) is 6.08 Å². The molecule has 0 spiro atoms. The molecule has 0 aromatic heterocycles. The number of hydrogen-bond donors (Lipinski definition) is 0. The van der Waals surface area contributed by atoms with E-state index >= 15 is 0 Å². The van der Waals surface area contributed by atoms with E-state index < -0.39 is 0 Å². The Morgan fingerprint density at radius 1 is 0.929 bits per heavy atom. The smallest absolute Gasteiger partial charge is 0.0200 e. The third-order valence-corrected chi connectivity index (χ3v) is 1.58. The van der Waals surface area contributed by atoms with Gasteiger partial charge in [-0.25, -0.2) is 0 Å². The van der Waals surface area contributed by atoms with Crippen LogP contribution in [0, 0.1) is 5.41 Å². The maximum absolute atomic E-state index is 2.22. The van der Waals surface area contributed by atoms with Gasteiger partial charge in [-0.3, -0.25) is 0 Å². The van der Waals surface area contributed by atoms with Crippen LogP contribution >= 0.6 is 0 Å². The average Bonchev–Trinajstić information content (AvgIpc) is 2.19. The molecule has 0 nitrogen and oxygen atoms in total. The van der Waals surface area contributed by atoms with Crippen LogP contribution in [0.2, 0.25) is 0 Å². The van der Waals surface area contributed by atoms with E-state index in [0.29, 0.717) is 0 Å². The molecule has 1 aromatic carbocycles. The van der Waals surface area contributed by atoms with Crippen molar-refractivity contribution in [3.63, 3.8) is 0 Å². The zero-order valence-corrected chi connectivity index (χ0v) is 10.0. The first-order chi connectivity index (χ1) is 6.58. The second-order valence-corrected chi connectivity index (χ2v) is 4.11. The van der Waals surface area contributed by atoms with Crippen LogP contribution in [0.15, 0.2) is 36.4 Å². The average molecular weight is 190 g/mol. The van der Waals surface area contributed by atoms with E-state index in [4.69, 9.17) is 0 Å². The summed E-state index contributed by atoms with van der Waals surface area (Å²) in [6.45, 7) is 10.6. The Hall–Kier alpha value is -1.04. The highest BCUT2D eigenvalue weighted by Gasteiger charge is 2.02. The molecule has 0 aliphatic heterocycles. The molecule has 0 amide bonds. The van der Waals surface area contributed by atoms with Gasteiger partial charge in [-0.15, -0.1) is 0 Å². The Kier molecular flexibility index (Phi) is 5.94. The monoisotopic (exact) mass is 190 g/mol. The number of rotatable bonds is 1. The van der Waals surface area contributed by atoms with Crippen LogP contribution in [0.4, 0.5) is 0 Å². The Bertz CT molecular complexity index is 249. The number of hydrogen-bond acceptors (Lipinski definition) is 0. The fourth-order valence-corrected chi connectivity index (χ4v) is 0.910. The molecule has 0 aliphatic rings. The van der Waals surface area contributed by atoms with Crippen molar-refractivity contribution in [2.45, 2.75) is 34.6 Å². The predicted molar refractivity (Wildman–Crippen MR) is 66.3 cm³/mol. The fraction of sp³-hybridized carbons (Fsp3) is 0.429.